The number of carbonyl (C=O) groups is 2. The second-order valence-electron chi connectivity index (χ2n) is 5.48. The number of rotatable bonds is 4. The van der Waals surface area contributed by atoms with Crippen molar-refractivity contribution in [2.24, 2.45) is 0 Å². The van der Waals surface area contributed by atoms with Crippen molar-refractivity contribution in [2.45, 2.75) is 0 Å². The van der Waals surface area contributed by atoms with Crippen molar-refractivity contribution < 1.29 is 14.7 Å². The van der Waals surface area contributed by atoms with Gasteiger partial charge in [-0.1, -0.05) is 65.7 Å². The molecule has 0 bridgehead atoms. The topological polar surface area (TPSA) is 66.4 Å². The van der Waals surface area contributed by atoms with E-state index in [1.807, 2.05) is 30.3 Å². The van der Waals surface area contributed by atoms with Crippen LogP contribution >= 0.6 is 23.2 Å². The van der Waals surface area contributed by atoms with Crippen LogP contribution in [0.15, 0.2) is 66.7 Å². The maximum Gasteiger partial charge on any atom is 0.337 e. The first-order valence-electron chi connectivity index (χ1n) is 7.65. The molecule has 1 amide bonds. The summed E-state index contributed by atoms with van der Waals surface area (Å²) in [6.07, 6.45) is 0. The maximum absolute atomic E-state index is 12.6. The molecule has 0 heterocycles. The zero-order chi connectivity index (χ0) is 18.7. The van der Waals surface area contributed by atoms with Crippen LogP contribution in [-0.2, 0) is 0 Å². The fourth-order valence-electron chi connectivity index (χ4n) is 2.54. The number of anilines is 1. The summed E-state index contributed by atoms with van der Waals surface area (Å²) >= 11 is 12.1. The molecule has 0 aliphatic carbocycles. The normalized spacial score (nSPS) is 10.4. The van der Waals surface area contributed by atoms with Gasteiger partial charge in [-0.3, -0.25) is 4.79 Å². The number of carbonyl (C=O) groups excluding carboxylic acids is 1. The van der Waals surface area contributed by atoms with E-state index in [0.717, 1.165) is 11.1 Å². The highest BCUT2D eigenvalue weighted by atomic mass is 35.5. The second kappa shape index (κ2) is 7.60. The van der Waals surface area contributed by atoms with Crippen molar-refractivity contribution in [1.82, 2.24) is 0 Å². The smallest absolute Gasteiger partial charge is 0.337 e. The van der Waals surface area contributed by atoms with Crippen molar-refractivity contribution >= 4 is 40.8 Å². The first-order chi connectivity index (χ1) is 12.5. The third kappa shape index (κ3) is 3.72. The van der Waals surface area contributed by atoms with Gasteiger partial charge in [-0.2, -0.15) is 0 Å². The Morgan fingerprint density at radius 1 is 0.808 bits per heavy atom. The fourth-order valence-corrected chi connectivity index (χ4v) is 3.11. The Morgan fingerprint density at radius 3 is 2.08 bits per heavy atom. The average Bonchev–Trinajstić information content (AvgIpc) is 2.62. The van der Waals surface area contributed by atoms with Crippen LogP contribution in [0.3, 0.4) is 0 Å². The molecule has 0 unspecified atom stereocenters. The van der Waals surface area contributed by atoms with Gasteiger partial charge in [0.1, 0.15) is 0 Å². The summed E-state index contributed by atoms with van der Waals surface area (Å²) in [5, 5.41) is 12.4. The minimum atomic E-state index is -1.15. The van der Waals surface area contributed by atoms with E-state index in [4.69, 9.17) is 23.2 Å². The van der Waals surface area contributed by atoms with Gasteiger partial charge >= 0.3 is 5.97 Å². The zero-order valence-electron chi connectivity index (χ0n) is 13.4. The van der Waals surface area contributed by atoms with E-state index < -0.39 is 11.9 Å². The molecule has 0 saturated carbocycles. The van der Waals surface area contributed by atoms with Gasteiger partial charge in [0.25, 0.3) is 5.91 Å². The molecule has 0 aliphatic rings. The molecule has 0 aromatic heterocycles. The lowest BCUT2D eigenvalue weighted by Crippen LogP contribution is -2.16. The molecular weight excluding hydrogens is 373 g/mol. The molecule has 3 aromatic rings. The van der Waals surface area contributed by atoms with Gasteiger partial charge in [-0.05, 0) is 35.4 Å². The molecular formula is C20H13Cl2NO3. The van der Waals surface area contributed by atoms with E-state index in [-0.39, 0.29) is 26.9 Å². The van der Waals surface area contributed by atoms with Gasteiger partial charge in [0.15, 0.2) is 0 Å². The number of hydrogen-bond donors (Lipinski definition) is 2. The Labute approximate surface area is 160 Å². The van der Waals surface area contributed by atoms with Gasteiger partial charge in [-0.25, -0.2) is 4.79 Å². The lowest BCUT2D eigenvalue weighted by atomic mass is 10.0. The van der Waals surface area contributed by atoms with E-state index in [0.29, 0.717) is 0 Å². The van der Waals surface area contributed by atoms with Crippen LogP contribution in [0.25, 0.3) is 11.1 Å². The van der Waals surface area contributed by atoms with Crippen molar-refractivity contribution in [1.29, 1.82) is 0 Å². The Morgan fingerprint density at radius 2 is 1.46 bits per heavy atom. The molecule has 0 radical (unpaired) electrons. The molecule has 0 aliphatic heterocycles. The number of amides is 1. The van der Waals surface area contributed by atoms with Crippen molar-refractivity contribution in [3.8, 4) is 11.1 Å². The minimum Gasteiger partial charge on any atom is -0.478 e. The molecule has 2 N–H and O–H groups in total. The Kier molecular flexibility index (Phi) is 5.26. The van der Waals surface area contributed by atoms with Crippen LogP contribution in [-0.4, -0.2) is 17.0 Å². The van der Waals surface area contributed by atoms with Gasteiger partial charge in [0, 0.05) is 0 Å². The highest BCUT2D eigenvalue weighted by Gasteiger charge is 2.18. The minimum absolute atomic E-state index is 0.0267. The summed E-state index contributed by atoms with van der Waals surface area (Å²) in [5.41, 5.74) is 1.91. The third-order valence-electron chi connectivity index (χ3n) is 3.80. The van der Waals surface area contributed by atoms with Crippen LogP contribution in [0, 0.1) is 0 Å². The van der Waals surface area contributed by atoms with E-state index in [1.165, 1.54) is 6.07 Å². The third-order valence-corrected chi connectivity index (χ3v) is 4.43. The Hall–Kier alpha value is -2.82. The van der Waals surface area contributed by atoms with Crippen LogP contribution in [0.2, 0.25) is 10.0 Å². The SMILES string of the molecule is O=C(O)c1ccc(-c2ccccc2)cc1NC(=O)c1c(Cl)cccc1Cl. The molecule has 3 aromatic carbocycles. The molecule has 0 fully saturated rings. The molecule has 26 heavy (non-hydrogen) atoms. The van der Waals surface area contributed by atoms with Crippen LogP contribution in [0.1, 0.15) is 20.7 Å². The van der Waals surface area contributed by atoms with E-state index in [2.05, 4.69) is 5.32 Å². The molecule has 6 heteroatoms. The second-order valence-corrected chi connectivity index (χ2v) is 6.30. The summed E-state index contributed by atoms with van der Waals surface area (Å²) in [6.45, 7) is 0. The highest BCUT2D eigenvalue weighted by molar-refractivity contribution is 6.40. The zero-order valence-corrected chi connectivity index (χ0v) is 14.9. The summed E-state index contributed by atoms with van der Waals surface area (Å²) in [5.74, 6) is -1.72. The predicted molar refractivity (Wildman–Crippen MR) is 103 cm³/mol. The molecule has 0 atom stereocenters. The molecule has 4 nitrogen and oxygen atoms in total. The maximum atomic E-state index is 12.6. The standard InChI is InChI=1S/C20H13Cl2NO3/c21-15-7-4-8-16(22)18(15)19(24)23-17-11-13(9-10-14(17)20(25)26)12-5-2-1-3-6-12/h1-11H,(H,23,24)(H,25,26). The lowest BCUT2D eigenvalue weighted by Gasteiger charge is -2.12. The lowest BCUT2D eigenvalue weighted by molar-refractivity contribution is 0.0698. The van der Waals surface area contributed by atoms with E-state index in [1.54, 1.807) is 30.3 Å². The van der Waals surface area contributed by atoms with Gasteiger partial charge in [0.2, 0.25) is 0 Å². The van der Waals surface area contributed by atoms with Gasteiger partial charge < -0.3 is 10.4 Å². The van der Waals surface area contributed by atoms with Crippen LogP contribution < -0.4 is 5.32 Å². The van der Waals surface area contributed by atoms with E-state index in [9.17, 15) is 14.7 Å². The van der Waals surface area contributed by atoms with Crippen LogP contribution in [0.4, 0.5) is 5.69 Å². The highest BCUT2D eigenvalue weighted by Crippen LogP contribution is 2.29. The number of nitrogens with one attached hydrogen (secondary N) is 1. The number of halogens is 2. The summed E-state index contributed by atoms with van der Waals surface area (Å²) in [6, 6.07) is 18.9. The van der Waals surface area contributed by atoms with Gasteiger partial charge in [-0.15, -0.1) is 0 Å². The number of carboxylic acid groups (broad SMARTS) is 1. The first kappa shape index (κ1) is 18.0. The first-order valence-corrected chi connectivity index (χ1v) is 8.41. The number of hydrogen-bond acceptors (Lipinski definition) is 2. The number of carboxylic acids is 1. The number of aromatic carboxylic acids is 1. The number of benzene rings is 3. The molecule has 3 rings (SSSR count). The molecule has 0 saturated heterocycles. The van der Waals surface area contributed by atoms with Crippen molar-refractivity contribution in [3.63, 3.8) is 0 Å². The van der Waals surface area contributed by atoms with Crippen LogP contribution in [0.5, 0.6) is 0 Å². The van der Waals surface area contributed by atoms with Gasteiger partial charge in [0.05, 0.1) is 26.9 Å². The fraction of sp³-hybridized carbons (Fsp3) is 0. The largest absolute Gasteiger partial charge is 0.478 e. The predicted octanol–water partition coefficient (Wildman–Crippen LogP) is 5.61. The Balaban J connectivity index is 2.02. The average molecular weight is 386 g/mol. The van der Waals surface area contributed by atoms with Crippen molar-refractivity contribution in [3.05, 3.63) is 87.9 Å². The Bertz CT molecular complexity index is 967. The van der Waals surface area contributed by atoms with Crippen molar-refractivity contribution in [2.75, 3.05) is 5.32 Å². The summed E-state index contributed by atoms with van der Waals surface area (Å²) in [4.78, 5) is 24.1. The quantitative estimate of drug-likeness (QED) is 0.613. The monoisotopic (exact) mass is 385 g/mol. The molecule has 0 spiro atoms. The molecule has 130 valence electrons. The summed E-state index contributed by atoms with van der Waals surface area (Å²) in [7, 11) is 0. The van der Waals surface area contributed by atoms with E-state index >= 15 is 0 Å². The summed E-state index contributed by atoms with van der Waals surface area (Å²) < 4.78 is 0.